The summed E-state index contributed by atoms with van der Waals surface area (Å²) in [6, 6.07) is 18.9. The van der Waals surface area contributed by atoms with Gasteiger partial charge in [0.05, 0.1) is 24.0 Å². The summed E-state index contributed by atoms with van der Waals surface area (Å²) in [5.74, 6) is 0. The third-order valence-electron chi connectivity index (χ3n) is 4.50. The first-order valence-corrected chi connectivity index (χ1v) is 9.64. The second kappa shape index (κ2) is 7.38. The molecule has 2 aromatic carbocycles. The maximum atomic E-state index is 5.88. The van der Waals surface area contributed by atoms with Gasteiger partial charge in [0, 0.05) is 12.0 Å². The number of hydrogen-bond acceptors (Lipinski definition) is 3. The number of rotatable bonds is 4. The smallest absolute Gasteiger partial charge is 0.190 e. The highest BCUT2D eigenvalue weighted by Crippen LogP contribution is 2.23. The van der Waals surface area contributed by atoms with Gasteiger partial charge in [-0.2, -0.15) is 0 Å². The molecule has 0 amide bonds. The Morgan fingerprint density at radius 2 is 2.04 bits per heavy atom. The van der Waals surface area contributed by atoms with Crippen LogP contribution >= 0.6 is 11.3 Å². The van der Waals surface area contributed by atoms with Crippen molar-refractivity contribution in [3.8, 4) is 11.3 Å². The number of aryl methyl sites for hydroxylation is 1. The van der Waals surface area contributed by atoms with Crippen LogP contribution in [0, 0.1) is 6.92 Å². The van der Waals surface area contributed by atoms with Gasteiger partial charge >= 0.3 is 0 Å². The second-order valence-corrected chi connectivity index (χ2v) is 7.30. The molecule has 0 unspecified atom stereocenters. The number of thiazole rings is 1. The van der Waals surface area contributed by atoms with Crippen molar-refractivity contribution in [1.29, 1.82) is 0 Å². The van der Waals surface area contributed by atoms with Crippen molar-refractivity contribution in [2.24, 2.45) is 4.99 Å². The van der Waals surface area contributed by atoms with Crippen LogP contribution in [0.1, 0.15) is 18.4 Å². The lowest BCUT2D eigenvalue weighted by Crippen LogP contribution is -2.24. The van der Waals surface area contributed by atoms with Gasteiger partial charge in [0.15, 0.2) is 4.80 Å². The molecule has 1 fully saturated rings. The molecule has 1 aliphatic heterocycles. The van der Waals surface area contributed by atoms with Crippen molar-refractivity contribution >= 4 is 17.0 Å². The van der Waals surface area contributed by atoms with E-state index in [1.54, 1.807) is 11.3 Å². The first-order chi connectivity index (χ1) is 12.3. The molecule has 0 spiro atoms. The first kappa shape index (κ1) is 16.3. The summed E-state index contributed by atoms with van der Waals surface area (Å²) < 4.78 is 8.20. The van der Waals surface area contributed by atoms with Gasteiger partial charge in [-0.25, -0.2) is 4.99 Å². The lowest BCUT2D eigenvalue weighted by molar-refractivity contribution is 0.0968. The van der Waals surface area contributed by atoms with E-state index in [0.29, 0.717) is 0 Å². The van der Waals surface area contributed by atoms with Gasteiger partial charge in [0.25, 0.3) is 0 Å². The van der Waals surface area contributed by atoms with Crippen molar-refractivity contribution in [1.82, 2.24) is 4.57 Å². The van der Waals surface area contributed by atoms with Crippen LogP contribution in [0.25, 0.3) is 11.3 Å². The van der Waals surface area contributed by atoms with Crippen LogP contribution in [0.3, 0.4) is 0 Å². The number of aromatic nitrogens is 1. The van der Waals surface area contributed by atoms with Crippen LogP contribution in [0.4, 0.5) is 5.69 Å². The molecule has 0 radical (unpaired) electrons. The van der Waals surface area contributed by atoms with Crippen molar-refractivity contribution in [3.05, 3.63) is 70.3 Å². The fourth-order valence-corrected chi connectivity index (χ4v) is 4.17. The number of hydrogen-bond donors (Lipinski definition) is 0. The Bertz CT molecular complexity index is 905. The molecule has 4 heteroatoms. The molecule has 1 aliphatic rings. The highest BCUT2D eigenvalue weighted by Gasteiger charge is 2.18. The molecule has 1 atom stereocenters. The summed E-state index contributed by atoms with van der Waals surface area (Å²) in [6.45, 7) is 3.84. The molecule has 0 N–H and O–H groups in total. The molecule has 25 heavy (non-hydrogen) atoms. The van der Waals surface area contributed by atoms with Crippen LogP contribution in [-0.4, -0.2) is 17.3 Å². The van der Waals surface area contributed by atoms with Gasteiger partial charge in [0.2, 0.25) is 0 Å². The number of nitrogens with zero attached hydrogens (tertiary/aromatic N) is 2. The molecular weight excluding hydrogens is 328 g/mol. The molecule has 4 rings (SSSR count). The van der Waals surface area contributed by atoms with Gasteiger partial charge < -0.3 is 9.30 Å². The Balaban J connectivity index is 1.79. The zero-order valence-electron chi connectivity index (χ0n) is 14.4. The minimum Gasteiger partial charge on any atom is -0.376 e. The SMILES string of the molecule is Cc1cccc(N=c2scc(-c3ccccc3)n2C[C@H]2CCCO2)c1. The molecule has 0 bridgehead atoms. The Hall–Kier alpha value is -2.17. The monoisotopic (exact) mass is 350 g/mol. The van der Waals surface area contributed by atoms with E-state index >= 15 is 0 Å². The standard InChI is InChI=1S/C21H22N2OS/c1-16-7-5-10-18(13-16)22-21-23(14-19-11-6-12-24-19)20(15-25-21)17-8-3-2-4-9-17/h2-5,7-10,13,15,19H,6,11-12,14H2,1H3/t19-/m1/s1. The lowest BCUT2D eigenvalue weighted by Gasteiger charge is -2.14. The summed E-state index contributed by atoms with van der Waals surface area (Å²) in [5.41, 5.74) is 4.67. The lowest BCUT2D eigenvalue weighted by atomic mass is 10.1. The molecule has 2 heterocycles. The molecule has 128 valence electrons. The van der Waals surface area contributed by atoms with Crippen molar-refractivity contribution in [3.63, 3.8) is 0 Å². The minimum atomic E-state index is 0.286. The number of benzene rings is 2. The third kappa shape index (κ3) is 3.75. The highest BCUT2D eigenvalue weighted by atomic mass is 32.1. The summed E-state index contributed by atoms with van der Waals surface area (Å²) >= 11 is 1.70. The first-order valence-electron chi connectivity index (χ1n) is 8.76. The van der Waals surface area contributed by atoms with Crippen molar-refractivity contribution < 1.29 is 4.74 Å². The summed E-state index contributed by atoms with van der Waals surface area (Å²) in [5, 5.41) is 2.21. The zero-order valence-corrected chi connectivity index (χ0v) is 15.2. The van der Waals surface area contributed by atoms with Crippen LogP contribution in [0.2, 0.25) is 0 Å². The molecular formula is C21H22N2OS. The predicted octanol–water partition coefficient (Wildman–Crippen LogP) is 4.94. The zero-order chi connectivity index (χ0) is 17.1. The normalized spacial score (nSPS) is 18.0. The van der Waals surface area contributed by atoms with E-state index in [0.717, 1.165) is 36.5 Å². The van der Waals surface area contributed by atoms with Gasteiger partial charge in [-0.3, -0.25) is 0 Å². The fraction of sp³-hybridized carbons (Fsp3) is 0.286. The van der Waals surface area contributed by atoms with Crippen LogP contribution in [-0.2, 0) is 11.3 Å². The average molecular weight is 350 g/mol. The summed E-state index contributed by atoms with van der Waals surface area (Å²) in [7, 11) is 0. The van der Waals surface area contributed by atoms with E-state index in [4.69, 9.17) is 9.73 Å². The third-order valence-corrected chi connectivity index (χ3v) is 5.37. The van der Waals surface area contributed by atoms with Gasteiger partial charge in [0.1, 0.15) is 0 Å². The van der Waals surface area contributed by atoms with Gasteiger partial charge in [-0.05, 0) is 43.0 Å². The van der Waals surface area contributed by atoms with E-state index in [2.05, 4.69) is 71.5 Å². The molecule has 0 aliphatic carbocycles. The Morgan fingerprint density at radius 1 is 1.16 bits per heavy atom. The van der Waals surface area contributed by atoms with E-state index in [-0.39, 0.29) is 6.10 Å². The topological polar surface area (TPSA) is 26.5 Å². The molecule has 3 nitrogen and oxygen atoms in total. The maximum absolute atomic E-state index is 5.88. The average Bonchev–Trinajstić information content (AvgIpc) is 3.27. The Kier molecular flexibility index (Phi) is 4.81. The molecule has 1 saturated heterocycles. The van der Waals surface area contributed by atoms with E-state index < -0.39 is 0 Å². The predicted molar refractivity (Wildman–Crippen MR) is 103 cm³/mol. The van der Waals surface area contributed by atoms with Crippen LogP contribution < -0.4 is 4.80 Å². The second-order valence-electron chi connectivity index (χ2n) is 6.47. The van der Waals surface area contributed by atoms with E-state index in [9.17, 15) is 0 Å². The minimum absolute atomic E-state index is 0.286. The molecule has 3 aromatic rings. The van der Waals surface area contributed by atoms with E-state index in [1.807, 2.05) is 0 Å². The molecule has 1 aromatic heterocycles. The number of ether oxygens (including phenoxy) is 1. The van der Waals surface area contributed by atoms with Gasteiger partial charge in [-0.1, -0.05) is 42.5 Å². The highest BCUT2D eigenvalue weighted by molar-refractivity contribution is 7.07. The maximum Gasteiger partial charge on any atom is 0.190 e. The quantitative estimate of drug-likeness (QED) is 0.655. The largest absolute Gasteiger partial charge is 0.376 e. The van der Waals surface area contributed by atoms with Crippen molar-refractivity contribution in [2.45, 2.75) is 32.4 Å². The van der Waals surface area contributed by atoms with Crippen LogP contribution in [0.15, 0.2) is 65.0 Å². The van der Waals surface area contributed by atoms with Gasteiger partial charge in [-0.15, -0.1) is 11.3 Å². The summed E-state index contributed by atoms with van der Waals surface area (Å²) in [4.78, 5) is 5.94. The Morgan fingerprint density at radius 3 is 2.80 bits per heavy atom. The van der Waals surface area contributed by atoms with E-state index in [1.165, 1.54) is 16.8 Å². The van der Waals surface area contributed by atoms with Crippen molar-refractivity contribution in [2.75, 3.05) is 6.61 Å². The fourth-order valence-electron chi connectivity index (χ4n) is 3.23. The Labute approximate surface area is 152 Å². The van der Waals surface area contributed by atoms with Crippen LogP contribution in [0.5, 0.6) is 0 Å². The summed E-state index contributed by atoms with van der Waals surface area (Å²) in [6.07, 6.45) is 2.56. The molecule has 0 saturated carbocycles.